The van der Waals surface area contributed by atoms with Crippen LogP contribution in [-0.4, -0.2) is 28.5 Å². The van der Waals surface area contributed by atoms with E-state index < -0.39 is 10.1 Å². The van der Waals surface area contributed by atoms with Crippen LogP contribution in [0.1, 0.15) is 5.56 Å². The zero-order chi connectivity index (χ0) is 19.0. The summed E-state index contributed by atoms with van der Waals surface area (Å²) < 4.78 is 29.8. The molecule has 0 aliphatic rings. The molecule has 7 nitrogen and oxygen atoms in total. The Kier molecular flexibility index (Phi) is 4.04. The molecule has 0 unspecified atom stereocenters. The molecule has 0 spiro atoms. The lowest BCUT2D eigenvalue weighted by molar-refractivity contribution is 0.458. The third-order valence-corrected chi connectivity index (χ3v) is 5.23. The molecule has 1 heterocycles. The maximum Gasteiger partial charge on any atom is 0.339 e. The molecule has 0 saturated heterocycles. The van der Waals surface area contributed by atoms with Crippen molar-refractivity contribution in [2.75, 3.05) is 0 Å². The second kappa shape index (κ2) is 6.40. The monoisotopic (exact) mass is 381 g/mol. The zero-order valence-electron chi connectivity index (χ0n) is 14.3. The van der Waals surface area contributed by atoms with E-state index in [-0.39, 0.29) is 16.4 Å². The van der Waals surface area contributed by atoms with Crippen molar-refractivity contribution in [1.82, 2.24) is 15.0 Å². The summed E-state index contributed by atoms with van der Waals surface area (Å²) in [7, 11) is -3.99. The number of phenols is 1. The fourth-order valence-electron chi connectivity index (χ4n) is 2.57. The van der Waals surface area contributed by atoms with Gasteiger partial charge >= 0.3 is 10.1 Å². The summed E-state index contributed by atoms with van der Waals surface area (Å²) in [6.45, 7) is 1.86. The van der Waals surface area contributed by atoms with E-state index in [0.29, 0.717) is 16.7 Å². The maximum atomic E-state index is 12.4. The van der Waals surface area contributed by atoms with Crippen molar-refractivity contribution in [2.45, 2.75) is 11.8 Å². The van der Waals surface area contributed by atoms with E-state index in [0.717, 1.165) is 5.56 Å². The van der Waals surface area contributed by atoms with Gasteiger partial charge in [-0.1, -0.05) is 29.8 Å². The number of benzene rings is 3. The van der Waals surface area contributed by atoms with Crippen molar-refractivity contribution >= 4 is 21.2 Å². The number of phenolic OH excluding ortho intramolecular Hbond substituents is 1. The number of hydrogen-bond acceptors (Lipinski definition) is 6. The molecule has 0 atom stereocenters. The molecule has 3 aromatic carbocycles. The fourth-order valence-corrected chi connectivity index (χ4v) is 3.49. The minimum Gasteiger partial charge on any atom is -0.505 e. The predicted octanol–water partition coefficient (Wildman–Crippen LogP) is 3.20. The quantitative estimate of drug-likeness (QED) is 0.546. The molecule has 1 aromatic heterocycles. The molecule has 8 heteroatoms. The van der Waals surface area contributed by atoms with Crippen molar-refractivity contribution in [3.63, 3.8) is 0 Å². The summed E-state index contributed by atoms with van der Waals surface area (Å²) in [6.07, 6.45) is 0. The lowest BCUT2D eigenvalue weighted by Crippen LogP contribution is -2.10. The van der Waals surface area contributed by atoms with Crippen LogP contribution in [0.3, 0.4) is 0 Å². The SMILES string of the molecule is Cc1ccc(S(=O)(=O)Oc2ccc(-n3nc4ccccc4n3)c(O)c2)cc1. The van der Waals surface area contributed by atoms with Crippen molar-refractivity contribution < 1.29 is 17.7 Å². The highest BCUT2D eigenvalue weighted by atomic mass is 32.2. The highest BCUT2D eigenvalue weighted by molar-refractivity contribution is 7.87. The van der Waals surface area contributed by atoms with Gasteiger partial charge in [0.15, 0.2) is 0 Å². The largest absolute Gasteiger partial charge is 0.505 e. The Morgan fingerprint density at radius 3 is 2.15 bits per heavy atom. The highest BCUT2D eigenvalue weighted by Gasteiger charge is 2.18. The summed E-state index contributed by atoms with van der Waals surface area (Å²) >= 11 is 0. The Morgan fingerprint density at radius 2 is 1.56 bits per heavy atom. The second-order valence-electron chi connectivity index (χ2n) is 5.98. The number of aryl methyl sites for hydroxylation is 1. The normalized spacial score (nSPS) is 11.6. The summed E-state index contributed by atoms with van der Waals surface area (Å²) in [5.74, 6) is -0.208. The summed E-state index contributed by atoms with van der Waals surface area (Å²) in [5.41, 5.74) is 2.61. The standard InChI is InChI=1S/C19H15N3O4S/c1-13-6-9-15(10-7-13)27(24,25)26-14-8-11-18(19(23)12-14)22-20-16-4-2-3-5-17(16)21-22/h2-12,23H,1H3. The molecule has 0 aliphatic heterocycles. The van der Waals surface area contributed by atoms with Crippen LogP contribution in [-0.2, 0) is 10.1 Å². The van der Waals surface area contributed by atoms with E-state index in [1.165, 1.54) is 35.1 Å². The number of aromatic nitrogens is 3. The minimum atomic E-state index is -3.99. The summed E-state index contributed by atoms with van der Waals surface area (Å²) in [5, 5.41) is 18.9. The summed E-state index contributed by atoms with van der Waals surface area (Å²) in [4.78, 5) is 1.33. The number of nitrogens with zero attached hydrogens (tertiary/aromatic N) is 3. The average Bonchev–Trinajstić information content (AvgIpc) is 3.05. The lowest BCUT2D eigenvalue weighted by atomic mass is 10.2. The van der Waals surface area contributed by atoms with Gasteiger partial charge in [0.05, 0.1) is 0 Å². The maximum absolute atomic E-state index is 12.4. The molecular formula is C19H15N3O4S. The zero-order valence-corrected chi connectivity index (χ0v) is 15.1. The van der Waals surface area contributed by atoms with Crippen molar-refractivity contribution in [2.24, 2.45) is 0 Å². The first-order chi connectivity index (χ1) is 12.9. The van der Waals surface area contributed by atoms with Crippen LogP contribution in [0.25, 0.3) is 16.7 Å². The summed E-state index contributed by atoms with van der Waals surface area (Å²) in [6, 6.07) is 17.8. The van der Waals surface area contributed by atoms with Gasteiger partial charge in [-0.25, -0.2) is 0 Å². The smallest absolute Gasteiger partial charge is 0.339 e. The van der Waals surface area contributed by atoms with Gasteiger partial charge < -0.3 is 9.29 Å². The van der Waals surface area contributed by atoms with Gasteiger partial charge in [-0.05, 0) is 43.3 Å². The molecule has 0 bridgehead atoms. The Morgan fingerprint density at radius 1 is 0.926 bits per heavy atom. The molecule has 4 aromatic rings. The van der Waals surface area contributed by atoms with E-state index in [4.69, 9.17) is 4.18 Å². The van der Waals surface area contributed by atoms with Crippen molar-refractivity contribution in [3.8, 4) is 17.2 Å². The van der Waals surface area contributed by atoms with Gasteiger partial charge in [-0.15, -0.1) is 15.0 Å². The third kappa shape index (κ3) is 3.34. The Labute approximate surface area is 155 Å². The fraction of sp³-hybridized carbons (Fsp3) is 0.0526. The second-order valence-corrected chi connectivity index (χ2v) is 7.53. The van der Waals surface area contributed by atoms with Crippen LogP contribution in [0.5, 0.6) is 11.5 Å². The van der Waals surface area contributed by atoms with Crippen LogP contribution < -0.4 is 4.18 Å². The van der Waals surface area contributed by atoms with Gasteiger partial charge in [0.1, 0.15) is 33.1 Å². The van der Waals surface area contributed by atoms with Crippen molar-refractivity contribution in [3.05, 3.63) is 72.3 Å². The molecule has 4 rings (SSSR count). The number of hydrogen-bond donors (Lipinski definition) is 1. The molecule has 136 valence electrons. The molecule has 0 fully saturated rings. The van der Waals surface area contributed by atoms with Crippen LogP contribution >= 0.6 is 0 Å². The van der Waals surface area contributed by atoms with E-state index in [1.54, 1.807) is 12.1 Å². The Balaban J connectivity index is 1.64. The predicted molar refractivity (Wildman–Crippen MR) is 99.5 cm³/mol. The highest BCUT2D eigenvalue weighted by Crippen LogP contribution is 2.28. The first kappa shape index (κ1) is 17.0. The van der Waals surface area contributed by atoms with E-state index >= 15 is 0 Å². The molecular weight excluding hydrogens is 366 g/mol. The molecule has 1 N–H and O–H groups in total. The van der Waals surface area contributed by atoms with Gasteiger partial charge in [-0.2, -0.15) is 8.42 Å². The van der Waals surface area contributed by atoms with Crippen LogP contribution in [0.15, 0.2) is 71.6 Å². The topological polar surface area (TPSA) is 94.3 Å². The van der Waals surface area contributed by atoms with Gasteiger partial charge in [0.25, 0.3) is 0 Å². The molecule has 0 amide bonds. The first-order valence-electron chi connectivity index (χ1n) is 8.09. The number of aromatic hydroxyl groups is 1. The van der Waals surface area contributed by atoms with Crippen LogP contribution in [0.2, 0.25) is 0 Å². The molecule has 27 heavy (non-hydrogen) atoms. The van der Waals surface area contributed by atoms with Crippen molar-refractivity contribution in [1.29, 1.82) is 0 Å². The third-order valence-electron chi connectivity index (χ3n) is 3.96. The Hall–Kier alpha value is -3.39. The van der Waals surface area contributed by atoms with Crippen LogP contribution in [0.4, 0.5) is 0 Å². The number of fused-ring (bicyclic) bond motifs is 1. The van der Waals surface area contributed by atoms with E-state index in [9.17, 15) is 13.5 Å². The lowest BCUT2D eigenvalue weighted by Gasteiger charge is -2.09. The molecule has 0 aliphatic carbocycles. The van der Waals surface area contributed by atoms with Crippen LogP contribution in [0, 0.1) is 6.92 Å². The van der Waals surface area contributed by atoms with Gasteiger partial charge in [0.2, 0.25) is 0 Å². The van der Waals surface area contributed by atoms with Gasteiger partial charge in [-0.3, -0.25) is 0 Å². The van der Waals surface area contributed by atoms with Gasteiger partial charge in [0, 0.05) is 6.07 Å². The number of rotatable bonds is 4. The Bertz CT molecular complexity index is 1200. The minimum absolute atomic E-state index is 0.00599. The average molecular weight is 381 g/mol. The first-order valence-corrected chi connectivity index (χ1v) is 9.50. The van der Waals surface area contributed by atoms with E-state index in [1.807, 2.05) is 31.2 Å². The molecule has 0 saturated carbocycles. The molecule has 0 radical (unpaired) electrons. The van der Waals surface area contributed by atoms with E-state index in [2.05, 4.69) is 10.2 Å².